The van der Waals surface area contributed by atoms with Crippen LogP contribution in [0.1, 0.15) is 18.7 Å². The van der Waals surface area contributed by atoms with E-state index in [-0.39, 0.29) is 19.3 Å². The first-order valence-corrected chi connectivity index (χ1v) is 6.36. The maximum Gasteiger partial charge on any atom is 0.315 e. The Bertz CT molecular complexity index is 480. The van der Waals surface area contributed by atoms with Crippen LogP contribution in [0.15, 0.2) is 24.4 Å². The molecule has 0 radical (unpaired) electrons. The predicted molar refractivity (Wildman–Crippen MR) is 70.1 cm³/mol. The monoisotopic (exact) mass is 279 g/mol. The number of aromatic nitrogens is 1. The Labute approximate surface area is 116 Å². The second kappa shape index (κ2) is 6.33. The zero-order valence-electron chi connectivity index (χ0n) is 11.1. The first-order chi connectivity index (χ1) is 9.58. The number of rotatable bonds is 4. The van der Waals surface area contributed by atoms with Gasteiger partial charge < -0.3 is 20.5 Å². The van der Waals surface area contributed by atoms with Crippen molar-refractivity contribution in [2.24, 2.45) is 5.92 Å². The van der Waals surface area contributed by atoms with Crippen molar-refractivity contribution in [2.75, 3.05) is 13.2 Å². The lowest BCUT2D eigenvalue weighted by Crippen LogP contribution is -2.47. The van der Waals surface area contributed by atoms with Crippen LogP contribution in [-0.4, -0.2) is 41.3 Å². The maximum atomic E-state index is 11.9. The molecule has 20 heavy (non-hydrogen) atoms. The molecular weight excluding hydrogens is 262 g/mol. The Morgan fingerprint density at radius 1 is 1.45 bits per heavy atom. The van der Waals surface area contributed by atoms with Gasteiger partial charge in [-0.2, -0.15) is 0 Å². The van der Waals surface area contributed by atoms with E-state index >= 15 is 0 Å². The zero-order valence-corrected chi connectivity index (χ0v) is 11.1. The predicted octanol–water partition coefficient (Wildman–Crippen LogP) is 0.541. The van der Waals surface area contributed by atoms with Gasteiger partial charge in [-0.15, -0.1) is 0 Å². The number of amides is 2. The van der Waals surface area contributed by atoms with Gasteiger partial charge in [-0.25, -0.2) is 4.79 Å². The number of carboxylic acid groups (broad SMARTS) is 1. The molecule has 108 valence electrons. The molecule has 3 atom stereocenters. The molecule has 0 saturated carbocycles. The highest BCUT2D eigenvalue weighted by Gasteiger charge is 2.35. The van der Waals surface area contributed by atoms with Crippen molar-refractivity contribution in [3.8, 4) is 0 Å². The van der Waals surface area contributed by atoms with Crippen LogP contribution < -0.4 is 10.6 Å². The average Bonchev–Trinajstić information content (AvgIpc) is 2.87. The molecule has 0 aromatic carbocycles. The number of carboxylic acids is 1. The van der Waals surface area contributed by atoms with E-state index in [2.05, 4.69) is 15.6 Å². The summed E-state index contributed by atoms with van der Waals surface area (Å²) in [7, 11) is 0. The highest BCUT2D eigenvalue weighted by molar-refractivity contribution is 5.77. The molecule has 7 nitrogen and oxygen atoms in total. The van der Waals surface area contributed by atoms with Gasteiger partial charge in [0.2, 0.25) is 0 Å². The van der Waals surface area contributed by atoms with Crippen LogP contribution in [0.5, 0.6) is 0 Å². The van der Waals surface area contributed by atoms with Crippen molar-refractivity contribution in [1.82, 2.24) is 15.6 Å². The lowest BCUT2D eigenvalue weighted by atomic mass is 10.0. The standard InChI is InChI=1S/C13H17N3O4/c1-8(10-4-2-3-5-14-10)15-13(19)16-11-7-20-6-9(11)12(17)18/h2-5,8-9,11H,6-7H2,1H3,(H,17,18)(H2,15,16,19). The van der Waals surface area contributed by atoms with Crippen molar-refractivity contribution in [3.63, 3.8) is 0 Å². The van der Waals surface area contributed by atoms with Crippen molar-refractivity contribution in [3.05, 3.63) is 30.1 Å². The van der Waals surface area contributed by atoms with Gasteiger partial charge in [0.15, 0.2) is 0 Å². The van der Waals surface area contributed by atoms with Gasteiger partial charge in [0, 0.05) is 6.20 Å². The minimum absolute atomic E-state index is 0.121. The fourth-order valence-electron chi connectivity index (χ4n) is 2.05. The molecule has 2 amide bonds. The van der Waals surface area contributed by atoms with Crippen molar-refractivity contribution in [2.45, 2.75) is 19.0 Å². The van der Waals surface area contributed by atoms with E-state index in [0.717, 1.165) is 5.69 Å². The third-order valence-corrected chi connectivity index (χ3v) is 3.19. The van der Waals surface area contributed by atoms with Crippen molar-refractivity contribution >= 4 is 12.0 Å². The summed E-state index contributed by atoms with van der Waals surface area (Å²) in [5, 5.41) is 14.3. The Kier molecular flexibility index (Phi) is 4.52. The largest absolute Gasteiger partial charge is 0.481 e. The number of ether oxygens (including phenoxy) is 1. The average molecular weight is 279 g/mol. The van der Waals surface area contributed by atoms with Crippen molar-refractivity contribution in [1.29, 1.82) is 0 Å². The van der Waals surface area contributed by atoms with Crippen molar-refractivity contribution < 1.29 is 19.4 Å². The molecule has 0 spiro atoms. The summed E-state index contributed by atoms with van der Waals surface area (Å²) in [6, 6.07) is 4.24. The molecule has 1 aromatic heterocycles. The van der Waals surface area contributed by atoms with Gasteiger partial charge in [-0.3, -0.25) is 9.78 Å². The van der Waals surface area contributed by atoms with Gasteiger partial charge in [0.25, 0.3) is 0 Å². The molecule has 2 heterocycles. The second-order valence-corrected chi connectivity index (χ2v) is 4.68. The summed E-state index contributed by atoms with van der Waals surface area (Å²) >= 11 is 0. The number of hydrogen-bond acceptors (Lipinski definition) is 4. The number of pyridine rings is 1. The molecular formula is C13H17N3O4. The lowest BCUT2D eigenvalue weighted by molar-refractivity contribution is -0.142. The second-order valence-electron chi connectivity index (χ2n) is 4.68. The van der Waals surface area contributed by atoms with E-state index in [4.69, 9.17) is 9.84 Å². The van der Waals surface area contributed by atoms with Crippen LogP contribution in [-0.2, 0) is 9.53 Å². The van der Waals surface area contributed by atoms with E-state index < -0.39 is 24.0 Å². The minimum Gasteiger partial charge on any atom is -0.481 e. The van der Waals surface area contributed by atoms with Gasteiger partial charge in [-0.1, -0.05) is 6.07 Å². The van der Waals surface area contributed by atoms with Gasteiger partial charge in [-0.05, 0) is 19.1 Å². The van der Waals surface area contributed by atoms with Gasteiger partial charge in [0.1, 0.15) is 5.92 Å². The Morgan fingerprint density at radius 3 is 2.90 bits per heavy atom. The molecule has 2 rings (SSSR count). The van der Waals surface area contributed by atoms with Crippen LogP contribution in [0.3, 0.4) is 0 Å². The number of nitrogens with one attached hydrogen (secondary N) is 2. The topological polar surface area (TPSA) is 101 Å². The van der Waals surface area contributed by atoms with E-state index in [9.17, 15) is 9.59 Å². The molecule has 3 unspecified atom stereocenters. The molecule has 0 bridgehead atoms. The molecule has 1 saturated heterocycles. The fourth-order valence-corrected chi connectivity index (χ4v) is 2.05. The first-order valence-electron chi connectivity index (χ1n) is 6.36. The van der Waals surface area contributed by atoms with E-state index in [1.807, 2.05) is 19.1 Å². The first kappa shape index (κ1) is 14.3. The number of nitrogens with zero attached hydrogens (tertiary/aromatic N) is 1. The van der Waals surface area contributed by atoms with E-state index in [1.54, 1.807) is 12.3 Å². The lowest BCUT2D eigenvalue weighted by Gasteiger charge is -2.19. The molecule has 3 N–H and O–H groups in total. The zero-order chi connectivity index (χ0) is 14.5. The number of urea groups is 1. The third-order valence-electron chi connectivity index (χ3n) is 3.19. The van der Waals surface area contributed by atoms with Crippen LogP contribution in [0.25, 0.3) is 0 Å². The quantitative estimate of drug-likeness (QED) is 0.747. The Morgan fingerprint density at radius 2 is 2.25 bits per heavy atom. The number of hydrogen-bond donors (Lipinski definition) is 3. The molecule has 1 aromatic rings. The van der Waals surface area contributed by atoms with E-state index in [1.165, 1.54) is 0 Å². The van der Waals surface area contributed by atoms with Crippen LogP contribution in [0.4, 0.5) is 4.79 Å². The summed E-state index contributed by atoms with van der Waals surface area (Å²) in [5.41, 5.74) is 0.736. The Hall–Kier alpha value is -2.15. The van der Waals surface area contributed by atoms with Crippen LogP contribution in [0.2, 0.25) is 0 Å². The van der Waals surface area contributed by atoms with Crippen LogP contribution in [0, 0.1) is 5.92 Å². The number of carbonyl (C=O) groups excluding carboxylic acids is 1. The maximum absolute atomic E-state index is 11.9. The molecule has 0 aliphatic carbocycles. The molecule has 1 aliphatic rings. The number of aliphatic carboxylic acids is 1. The highest BCUT2D eigenvalue weighted by Crippen LogP contribution is 2.14. The summed E-state index contributed by atoms with van der Waals surface area (Å²) < 4.78 is 5.09. The SMILES string of the molecule is CC(NC(=O)NC1COCC1C(=O)O)c1ccccn1. The van der Waals surface area contributed by atoms with Crippen LogP contribution >= 0.6 is 0 Å². The third kappa shape index (κ3) is 3.45. The summed E-state index contributed by atoms with van der Waals surface area (Å²) in [6.45, 7) is 2.14. The fraction of sp³-hybridized carbons (Fsp3) is 0.462. The van der Waals surface area contributed by atoms with E-state index in [0.29, 0.717) is 0 Å². The molecule has 1 aliphatic heterocycles. The number of carbonyl (C=O) groups is 2. The smallest absolute Gasteiger partial charge is 0.315 e. The summed E-state index contributed by atoms with van der Waals surface area (Å²) in [4.78, 5) is 27.0. The molecule has 7 heteroatoms. The normalized spacial score (nSPS) is 23.1. The summed E-state index contributed by atoms with van der Waals surface area (Å²) in [6.07, 6.45) is 1.65. The summed E-state index contributed by atoms with van der Waals surface area (Å²) in [5.74, 6) is -1.67. The van der Waals surface area contributed by atoms with Gasteiger partial charge in [0.05, 0.1) is 31.0 Å². The molecule has 1 fully saturated rings. The van der Waals surface area contributed by atoms with Gasteiger partial charge >= 0.3 is 12.0 Å². The Balaban J connectivity index is 1.88. The highest BCUT2D eigenvalue weighted by atomic mass is 16.5. The minimum atomic E-state index is -0.967.